The number of hydrogen-bond donors (Lipinski definition) is 1. The number of anilines is 1. The highest BCUT2D eigenvalue weighted by Gasteiger charge is 2.21. The first-order valence-corrected chi connectivity index (χ1v) is 9.26. The first kappa shape index (κ1) is 17.3. The fraction of sp³-hybridized carbons (Fsp3) is 0.286. The first-order chi connectivity index (χ1) is 13.2. The fourth-order valence-corrected chi connectivity index (χ4v) is 3.49. The predicted octanol–water partition coefficient (Wildman–Crippen LogP) is 2.20. The van der Waals surface area contributed by atoms with Crippen LogP contribution in [-0.2, 0) is 11.2 Å². The average molecular weight is 362 g/mol. The van der Waals surface area contributed by atoms with Crippen LogP contribution in [0.1, 0.15) is 12.2 Å². The largest absolute Gasteiger partial charge is 0.368 e. The number of H-pyrrole nitrogens is 1. The third-order valence-electron chi connectivity index (χ3n) is 4.99. The van der Waals surface area contributed by atoms with Gasteiger partial charge in [0.2, 0.25) is 5.91 Å². The van der Waals surface area contributed by atoms with E-state index in [0.29, 0.717) is 29.6 Å². The molecule has 0 radical (unpaired) electrons. The number of carbonyl (C=O) groups excluding carboxylic acids is 1. The number of rotatable bonds is 4. The Morgan fingerprint density at radius 3 is 2.44 bits per heavy atom. The summed E-state index contributed by atoms with van der Waals surface area (Å²) < 4.78 is 0. The summed E-state index contributed by atoms with van der Waals surface area (Å²) in [5.74, 6) is 0.675. The van der Waals surface area contributed by atoms with Crippen molar-refractivity contribution in [3.63, 3.8) is 0 Å². The Balaban J connectivity index is 1.34. The Kier molecular flexibility index (Phi) is 4.87. The van der Waals surface area contributed by atoms with Crippen LogP contribution in [0.2, 0.25) is 0 Å². The van der Waals surface area contributed by atoms with Crippen LogP contribution < -0.4 is 10.5 Å². The molecule has 1 aliphatic heterocycles. The quantitative estimate of drug-likeness (QED) is 0.773. The minimum atomic E-state index is -0.153. The number of para-hydroxylation sites is 2. The molecule has 27 heavy (non-hydrogen) atoms. The van der Waals surface area contributed by atoms with E-state index in [1.807, 2.05) is 41.3 Å². The van der Waals surface area contributed by atoms with Gasteiger partial charge >= 0.3 is 0 Å². The lowest BCUT2D eigenvalue weighted by Gasteiger charge is -2.36. The number of fused-ring (bicyclic) bond motifs is 1. The van der Waals surface area contributed by atoms with Gasteiger partial charge in [0.1, 0.15) is 5.82 Å². The molecule has 0 aliphatic carbocycles. The van der Waals surface area contributed by atoms with E-state index in [-0.39, 0.29) is 11.5 Å². The van der Waals surface area contributed by atoms with Crippen molar-refractivity contribution in [3.05, 3.63) is 70.8 Å². The topological polar surface area (TPSA) is 69.3 Å². The number of hydrogen-bond acceptors (Lipinski definition) is 4. The zero-order chi connectivity index (χ0) is 18.6. The zero-order valence-corrected chi connectivity index (χ0v) is 15.1. The minimum Gasteiger partial charge on any atom is -0.368 e. The smallest absolute Gasteiger partial charge is 0.258 e. The molecule has 1 amide bonds. The number of aromatic nitrogens is 2. The number of aromatic amines is 1. The number of carbonyl (C=O) groups is 1. The fourth-order valence-electron chi connectivity index (χ4n) is 3.49. The van der Waals surface area contributed by atoms with Crippen molar-refractivity contribution in [2.45, 2.75) is 12.8 Å². The summed E-state index contributed by atoms with van der Waals surface area (Å²) in [7, 11) is 0. The molecule has 6 nitrogen and oxygen atoms in total. The Bertz CT molecular complexity index is 992. The number of nitrogens with zero attached hydrogens (tertiary/aromatic N) is 3. The summed E-state index contributed by atoms with van der Waals surface area (Å²) in [4.78, 5) is 36.1. The third kappa shape index (κ3) is 3.84. The van der Waals surface area contributed by atoms with E-state index in [1.165, 1.54) is 5.69 Å². The van der Waals surface area contributed by atoms with Crippen molar-refractivity contribution in [2.24, 2.45) is 0 Å². The van der Waals surface area contributed by atoms with Crippen molar-refractivity contribution >= 4 is 22.5 Å². The lowest BCUT2D eigenvalue weighted by Crippen LogP contribution is -2.48. The van der Waals surface area contributed by atoms with Gasteiger partial charge in [-0.25, -0.2) is 4.98 Å². The molecule has 2 aromatic carbocycles. The van der Waals surface area contributed by atoms with Gasteiger partial charge in [-0.2, -0.15) is 0 Å². The van der Waals surface area contributed by atoms with Crippen molar-refractivity contribution in [2.75, 3.05) is 31.1 Å². The van der Waals surface area contributed by atoms with Crippen LogP contribution in [0.4, 0.5) is 5.69 Å². The average Bonchev–Trinajstić information content (AvgIpc) is 2.73. The van der Waals surface area contributed by atoms with E-state index in [1.54, 1.807) is 6.07 Å². The molecule has 0 bridgehead atoms. The lowest BCUT2D eigenvalue weighted by molar-refractivity contribution is -0.131. The summed E-state index contributed by atoms with van der Waals surface area (Å²) in [5, 5.41) is 0.574. The van der Waals surface area contributed by atoms with E-state index in [0.717, 1.165) is 26.2 Å². The van der Waals surface area contributed by atoms with Crippen molar-refractivity contribution in [1.82, 2.24) is 14.9 Å². The van der Waals surface area contributed by atoms with E-state index in [4.69, 9.17) is 0 Å². The van der Waals surface area contributed by atoms with Gasteiger partial charge in [-0.15, -0.1) is 0 Å². The molecule has 0 saturated carbocycles. The van der Waals surface area contributed by atoms with E-state index in [2.05, 4.69) is 27.0 Å². The molecule has 2 heterocycles. The van der Waals surface area contributed by atoms with Crippen LogP contribution in [0, 0.1) is 0 Å². The lowest BCUT2D eigenvalue weighted by atomic mass is 10.2. The third-order valence-corrected chi connectivity index (χ3v) is 4.99. The van der Waals surface area contributed by atoms with E-state index >= 15 is 0 Å². The van der Waals surface area contributed by atoms with Gasteiger partial charge in [-0.05, 0) is 24.3 Å². The number of nitrogens with one attached hydrogen (secondary N) is 1. The second-order valence-electron chi connectivity index (χ2n) is 6.73. The zero-order valence-electron chi connectivity index (χ0n) is 15.1. The highest BCUT2D eigenvalue weighted by atomic mass is 16.2. The van der Waals surface area contributed by atoms with Gasteiger partial charge in [0.25, 0.3) is 5.56 Å². The van der Waals surface area contributed by atoms with Gasteiger partial charge in [-0.3, -0.25) is 9.59 Å². The van der Waals surface area contributed by atoms with Crippen LogP contribution >= 0.6 is 0 Å². The normalized spacial score (nSPS) is 14.5. The highest BCUT2D eigenvalue weighted by molar-refractivity contribution is 5.78. The number of aryl methyl sites for hydroxylation is 1. The van der Waals surface area contributed by atoms with E-state index < -0.39 is 0 Å². The second kappa shape index (κ2) is 7.61. The maximum absolute atomic E-state index is 12.6. The van der Waals surface area contributed by atoms with E-state index in [9.17, 15) is 9.59 Å². The molecule has 0 atom stereocenters. The molecule has 4 rings (SSSR count). The number of benzene rings is 2. The first-order valence-electron chi connectivity index (χ1n) is 9.26. The molecule has 1 aliphatic rings. The number of amides is 1. The van der Waals surface area contributed by atoms with Gasteiger partial charge < -0.3 is 14.8 Å². The Morgan fingerprint density at radius 2 is 1.67 bits per heavy atom. The van der Waals surface area contributed by atoms with Crippen LogP contribution in [-0.4, -0.2) is 47.0 Å². The molecule has 1 saturated heterocycles. The Labute approximate surface area is 157 Å². The van der Waals surface area contributed by atoms with Crippen molar-refractivity contribution < 1.29 is 4.79 Å². The minimum absolute atomic E-state index is 0.110. The maximum atomic E-state index is 12.6. The summed E-state index contributed by atoms with van der Waals surface area (Å²) in [6.45, 7) is 3.10. The van der Waals surface area contributed by atoms with Crippen molar-refractivity contribution in [3.8, 4) is 0 Å². The SMILES string of the molecule is O=C(CCc1nc2ccccc2c(=O)[nH]1)N1CCN(c2ccccc2)CC1. The van der Waals surface area contributed by atoms with Gasteiger partial charge in [0.05, 0.1) is 10.9 Å². The summed E-state index contributed by atoms with van der Waals surface area (Å²) >= 11 is 0. The molecule has 0 spiro atoms. The monoisotopic (exact) mass is 362 g/mol. The van der Waals surface area contributed by atoms with Crippen LogP contribution in [0.5, 0.6) is 0 Å². The highest BCUT2D eigenvalue weighted by Crippen LogP contribution is 2.16. The Hall–Kier alpha value is -3.15. The predicted molar refractivity (Wildman–Crippen MR) is 106 cm³/mol. The molecule has 0 unspecified atom stereocenters. The molecule has 3 aromatic rings. The molecule has 6 heteroatoms. The molecule has 138 valence electrons. The summed E-state index contributed by atoms with van der Waals surface area (Å²) in [6, 6.07) is 17.5. The molecule has 1 fully saturated rings. The van der Waals surface area contributed by atoms with Gasteiger partial charge in [-0.1, -0.05) is 30.3 Å². The van der Waals surface area contributed by atoms with Gasteiger partial charge in [0.15, 0.2) is 0 Å². The molecule has 1 aromatic heterocycles. The Morgan fingerprint density at radius 1 is 0.963 bits per heavy atom. The number of piperazine rings is 1. The molecular formula is C21H22N4O2. The summed E-state index contributed by atoms with van der Waals surface area (Å²) in [6.07, 6.45) is 0.796. The summed E-state index contributed by atoms with van der Waals surface area (Å²) in [5.41, 5.74) is 1.71. The van der Waals surface area contributed by atoms with Crippen molar-refractivity contribution in [1.29, 1.82) is 0 Å². The van der Waals surface area contributed by atoms with Crippen LogP contribution in [0.3, 0.4) is 0 Å². The molecule has 1 N–H and O–H groups in total. The molecular weight excluding hydrogens is 340 g/mol. The van der Waals surface area contributed by atoms with Crippen LogP contribution in [0.25, 0.3) is 10.9 Å². The standard InChI is InChI=1S/C21H22N4O2/c26-20(25-14-12-24(13-15-25)16-6-2-1-3-7-16)11-10-19-22-18-9-5-4-8-17(18)21(27)23-19/h1-9H,10-15H2,(H,22,23,27). The second-order valence-corrected chi connectivity index (χ2v) is 6.73. The van der Waals surface area contributed by atoms with Crippen LogP contribution in [0.15, 0.2) is 59.4 Å². The van der Waals surface area contributed by atoms with Gasteiger partial charge in [0, 0.05) is 44.7 Å². The maximum Gasteiger partial charge on any atom is 0.258 e.